The Morgan fingerprint density at radius 3 is 2.29 bits per heavy atom. The van der Waals surface area contributed by atoms with Crippen molar-refractivity contribution in [1.29, 1.82) is 0 Å². The Labute approximate surface area is 97.4 Å². The van der Waals surface area contributed by atoms with Gasteiger partial charge in [0.25, 0.3) is 0 Å². The lowest BCUT2D eigenvalue weighted by atomic mass is 10.1. The van der Waals surface area contributed by atoms with Crippen molar-refractivity contribution in [2.45, 2.75) is 25.3 Å². The van der Waals surface area contributed by atoms with E-state index < -0.39 is 32.0 Å². The first kappa shape index (κ1) is 14.0. The first-order valence-electron chi connectivity index (χ1n) is 5.12. The van der Waals surface area contributed by atoms with Gasteiger partial charge in [0, 0.05) is 12.7 Å². The summed E-state index contributed by atoms with van der Waals surface area (Å²) < 4.78 is 36.9. The summed E-state index contributed by atoms with van der Waals surface area (Å²) in [4.78, 5) is 22.6. The maximum atomic E-state index is 12.3. The van der Waals surface area contributed by atoms with Gasteiger partial charge < -0.3 is 10.0 Å². The van der Waals surface area contributed by atoms with Gasteiger partial charge in [-0.3, -0.25) is 9.59 Å². The molecular weight excluding hydrogens is 255 g/mol. The Morgan fingerprint density at radius 2 is 1.88 bits per heavy atom. The predicted octanol–water partition coefficient (Wildman–Crippen LogP) is 1.34. The summed E-state index contributed by atoms with van der Waals surface area (Å²) in [6.45, 7) is 3.24. The molecule has 0 spiro atoms. The van der Waals surface area contributed by atoms with E-state index in [0.29, 0.717) is 10.9 Å². The minimum absolute atomic E-state index is 0.0646. The molecule has 98 valence electrons. The van der Waals surface area contributed by atoms with Gasteiger partial charge in [0.2, 0.25) is 0 Å². The summed E-state index contributed by atoms with van der Waals surface area (Å²) in [7, 11) is -2.10. The van der Waals surface area contributed by atoms with Gasteiger partial charge in [0.15, 0.2) is 0 Å². The third-order valence-electron chi connectivity index (χ3n) is 2.74. The molecule has 17 heavy (non-hydrogen) atoms. The number of carbonyl (C=O) groups excluding carboxylic acids is 1. The number of aliphatic carboxylic acids is 1. The standard InChI is InChI=1S/C9H14F3NO3Si/c1-17(2)4-6(7(14)15)3-13(5-17)8(16)9(10,11)12/h6H,3-5H2,1-2H3,(H,14,15). The first-order valence-corrected chi connectivity index (χ1v) is 8.53. The van der Waals surface area contributed by atoms with Crippen LogP contribution in [0.5, 0.6) is 0 Å². The summed E-state index contributed by atoms with van der Waals surface area (Å²) in [6.07, 6.45) is -4.86. The Morgan fingerprint density at radius 1 is 1.35 bits per heavy atom. The second kappa shape index (κ2) is 4.32. The molecule has 1 aliphatic rings. The summed E-state index contributed by atoms with van der Waals surface area (Å²) in [6, 6.07) is 0.407. The molecule has 0 aromatic heterocycles. The van der Waals surface area contributed by atoms with Crippen molar-refractivity contribution in [2.75, 3.05) is 12.7 Å². The van der Waals surface area contributed by atoms with Crippen LogP contribution in [0, 0.1) is 5.92 Å². The highest BCUT2D eigenvalue weighted by Gasteiger charge is 2.47. The van der Waals surface area contributed by atoms with Crippen LogP contribution in [0.2, 0.25) is 19.1 Å². The summed E-state index contributed by atoms with van der Waals surface area (Å²) in [5.41, 5.74) is 0. The van der Waals surface area contributed by atoms with E-state index in [-0.39, 0.29) is 12.7 Å². The number of hydrogen-bond acceptors (Lipinski definition) is 2. The predicted molar refractivity (Wildman–Crippen MR) is 56.0 cm³/mol. The fourth-order valence-electron chi connectivity index (χ4n) is 2.14. The Balaban J connectivity index is 2.87. The molecule has 0 aliphatic carbocycles. The molecule has 1 rings (SSSR count). The maximum Gasteiger partial charge on any atom is 0.471 e. The maximum absolute atomic E-state index is 12.3. The van der Waals surface area contributed by atoms with Gasteiger partial charge >= 0.3 is 18.1 Å². The quantitative estimate of drug-likeness (QED) is 0.731. The average molecular weight is 269 g/mol. The molecule has 0 aromatic rings. The van der Waals surface area contributed by atoms with Crippen molar-refractivity contribution >= 4 is 20.0 Å². The lowest BCUT2D eigenvalue weighted by molar-refractivity contribution is -0.185. The molecule has 0 bridgehead atoms. The Hall–Kier alpha value is -1.05. The van der Waals surface area contributed by atoms with Crippen LogP contribution in [0.25, 0.3) is 0 Å². The largest absolute Gasteiger partial charge is 0.481 e. The average Bonchev–Trinajstić information content (AvgIpc) is 2.12. The van der Waals surface area contributed by atoms with Gasteiger partial charge in [-0.1, -0.05) is 13.1 Å². The van der Waals surface area contributed by atoms with E-state index in [4.69, 9.17) is 5.11 Å². The van der Waals surface area contributed by atoms with Gasteiger partial charge in [-0.05, 0) is 6.04 Å². The fraction of sp³-hybridized carbons (Fsp3) is 0.778. The van der Waals surface area contributed by atoms with Crippen LogP contribution in [-0.4, -0.2) is 48.8 Å². The third-order valence-corrected chi connectivity index (χ3v) is 5.57. The van der Waals surface area contributed by atoms with Gasteiger partial charge in [-0.15, -0.1) is 0 Å². The Kier molecular flexibility index (Phi) is 3.56. The van der Waals surface area contributed by atoms with Crippen LogP contribution in [0.1, 0.15) is 0 Å². The molecule has 4 nitrogen and oxygen atoms in total. The van der Waals surface area contributed by atoms with Crippen LogP contribution in [0.4, 0.5) is 13.2 Å². The molecule has 0 aromatic carbocycles. The number of alkyl halides is 3. The summed E-state index contributed by atoms with van der Waals surface area (Å²) in [5, 5.41) is 8.88. The number of nitrogens with zero attached hydrogens (tertiary/aromatic N) is 1. The number of halogens is 3. The molecule has 1 unspecified atom stereocenters. The second-order valence-corrected chi connectivity index (χ2v) is 10.1. The summed E-state index contributed by atoms with van der Waals surface area (Å²) >= 11 is 0. The van der Waals surface area contributed by atoms with Gasteiger partial charge in [-0.2, -0.15) is 13.2 Å². The molecule has 0 saturated carbocycles. The van der Waals surface area contributed by atoms with E-state index in [0.717, 1.165) is 0 Å². The third kappa shape index (κ3) is 3.45. The molecule has 1 aliphatic heterocycles. The molecule has 1 fully saturated rings. The molecule has 1 N–H and O–H groups in total. The highest BCUT2D eigenvalue weighted by atomic mass is 28.3. The lowest BCUT2D eigenvalue weighted by Gasteiger charge is -2.39. The molecule has 0 radical (unpaired) electrons. The molecule has 1 atom stereocenters. The molecular formula is C9H14F3NO3Si. The molecule has 1 amide bonds. The fourth-order valence-corrected chi connectivity index (χ4v) is 5.22. The number of carboxylic acid groups (broad SMARTS) is 1. The number of rotatable bonds is 1. The van der Waals surface area contributed by atoms with E-state index in [1.54, 1.807) is 13.1 Å². The summed E-state index contributed by atoms with van der Waals surface area (Å²) in [5.74, 6) is -3.94. The monoisotopic (exact) mass is 269 g/mol. The van der Waals surface area contributed by atoms with E-state index in [2.05, 4.69) is 0 Å². The van der Waals surface area contributed by atoms with E-state index in [9.17, 15) is 22.8 Å². The SMILES string of the molecule is C[Si]1(C)CC(C(=O)O)CN(C(=O)C(F)(F)F)C1. The number of carboxylic acids is 1. The van der Waals surface area contributed by atoms with Crippen LogP contribution in [0.3, 0.4) is 0 Å². The van der Waals surface area contributed by atoms with Crippen LogP contribution in [-0.2, 0) is 9.59 Å². The topological polar surface area (TPSA) is 57.6 Å². The van der Waals surface area contributed by atoms with Gasteiger partial charge in [-0.25, -0.2) is 0 Å². The van der Waals surface area contributed by atoms with Crippen LogP contribution in [0.15, 0.2) is 0 Å². The van der Waals surface area contributed by atoms with Gasteiger partial charge in [0.05, 0.1) is 14.0 Å². The highest BCUT2D eigenvalue weighted by Crippen LogP contribution is 2.28. The minimum atomic E-state index is -4.93. The van der Waals surface area contributed by atoms with Crippen LogP contribution < -0.4 is 0 Å². The van der Waals surface area contributed by atoms with Crippen molar-refractivity contribution in [3.63, 3.8) is 0 Å². The zero-order valence-electron chi connectivity index (χ0n) is 9.54. The second-order valence-electron chi connectivity index (χ2n) is 5.09. The van der Waals surface area contributed by atoms with E-state index in [1.165, 1.54) is 0 Å². The van der Waals surface area contributed by atoms with Crippen molar-refractivity contribution in [3.05, 3.63) is 0 Å². The van der Waals surface area contributed by atoms with E-state index >= 15 is 0 Å². The molecule has 1 saturated heterocycles. The van der Waals surface area contributed by atoms with Crippen LogP contribution >= 0.6 is 0 Å². The van der Waals surface area contributed by atoms with E-state index in [1.807, 2.05) is 0 Å². The van der Waals surface area contributed by atoms with Crippen molar-refractivity contribution in [2.24, 2.45) is 5.92 Å². The van der Waals surface area contributed by atoms with Crippen molar-refractivity contribution in [3.8, 4) is 0 Å². The normalized spacial score (nSPS) is 24.5. The Bertz CT molecular complexity index is 343. The molecule has 8 heteroatoms. The van der Waals surface area contributed by atoms with Crippen molar-refractivity contribution in [1.82, 2.24) is 4.90 Å². The zero-order valence-corrected chi connectivity index (χ0v) is 10.5. The first-order chi connectivity index (χ1) is 7.53. The highest BCUT2D eigenvalue weighted by molar-refractivity contribution is 6.78. The zero-order chi connectivity index (χ0) is 13.4. The number of carbonyl (C=O) groups is 2. The number of hydrogen-bond donors (Lipinski definition) is 1. The lowest BCUT2D eigenvalue weighted by Crippen LogP contribution is -2.57. The minimum Gasteiger partial charge on any atom is -0.481 e. The van der Waals surface area contributed by atoms with Gasteiger partial charge in [0.1, 0.15) is 0 Å². The van der Waals surface area contributed by atoms with Crippen molar-refractivity contribution < 1.29 is 27.9 Å². The molecule has 1 heterocycles. The number of amides is 1. The smallest absolute Gasteiger partial charge is 0.471 e.